The molecule has 0 aromatic heterocycles. The molecule has 0 aromatic rings. The second-order valence-electron chi connectivity index (χ2n) is 3.27. The zero-order chi connectivity index (χ0) is 12.6. The fraction of sp³-hybridized carbons (Fsp3) is 0.889. The highest BCUT2D eigenvalue weighted by Gasteiger charge is 2.33. The molecule has 0 aliphatic rings. The van der Waals surface area contributed by atoms with Gasteiger partial charge in [-0.25, -0.2) is 4.79 Å². The Balaban J connectivity index is 4.07. The van der Waals surface area contributed by atoms with Gasteiger partial charge in [-0.15, -0.1) is 0 Å². The van der Waals surface area contributed by atoms with Gasteiger partial charge in [0.2, 0.25) is 3.79 Å². The van der Waals surface area contributed by atoms with Crippen LogP contribution >= 0.6 is 34.8 Å². The summed E-state index contributed by atoms with van der Waals surface area (Å²) in [5.74, 6) is 0. The van der Waals surface area contributed by atoms with Crippen molar-refractivity contribution in [2.45, 2.75) is 36.1 Å². The first-order chi connectivity index (χ1) is 7.41. The fourth-order valence-electron chi connectivity index (χ4n) is 1.05. The molecule has 0 radical (unpaired) electrons. The summed E-state index contributed by atoms with van der Waals surface area (Å²) in [6, 6.07) is 0. The van der Waals surface area contributed by atoms with Gasteiger partial charge in [0.1, 0.15) is 6.17 Å². The number of halogens is 3. The minimum atomic E-state index is -1.61. The van der Waals surface area contributed by atoms with E-state index < -0.39 is 16.1 Å². The molecule has 0 aromatic carbocycles. The van der Waals surface area contributed by atoms with Crippen LogP contribution in [0.1, 0.15) is 26.2 Å². The molecule has 0 heterocycles. The highest BCUT2D eigenvalue weighted by atomic mass is 35.6. The van der Waals surface area contributed by atoms with E-state index in [1.807, 2.05) is 0 Å². The molecule has 0 aliphatic heterocycles. The number of rotatable bonds is 6. The van der Waals surface area contributed by atoms with Crippen molar-refractivity contribution in [3.8, 4) is 0 Å². The minimum Gasteiger partial charge on any atom is -0.453 e. The summed E-state index contributed by atoms with van der Waals surface area (Å²) in [5.41, 5.74) is 0. The summed E-state index contributed by atoms with van der Waals surface area (Å²) < 4.78 is 2.83. The number of ether oxygens (including phenoxy) is 1. The van der Waals surface area contributed by atoms with Gasteiger partial charge < -0.3 is 10.1 Å². The lowest BCUT2D eigenvalue weighted by molar-refractivity contribution is 0.164. The van der Waals surface area contributed by atoms with Crippen LogP contribution in [0, 0.1) is 0 Å². The van der Waals surface area contributed by atoms with Crippen molar-refractivity contribution >= 4 is 40.9 Å². The van der Waals surface area contributed by atoms with Crippen molar-refractivity contribution in [2.24, 2.45) is 0 Å². The molecule has 7 heteroatoms. The maximum Gasteiger partial charge on any atom is 0.408 e. The Hall–Kier alpha value is 0.1000. The van der Waals surface area contributed by atoms with Gasteiger partial charge in [0, 0.05) is 0 Å². The van der Waals surface area contributed by atoms with Gasteiger partial charge in [0.05, 0.1) is 7.11 Å². The number of alkyl carbamates (subject to hydrolysis) is 1. The van der Waals surface area contributed by atoms with Crippen molar-refractivity contribution in [1.29, 1.82) is 0 Å². The molecule has 0 aliphatic carbocycles. The van der Waals surface area contributed by atoms with Crippen LogP contribution in [0.4, 0.5) is 4.79 Å². The maximum absolute atomic E-state index is 11.0. The van der Waals surface area contributed by atoms with Gasteiger partial charge in [0.25, 0.3) is 0 Å². The second-order valence-corrected chi connectivity index (χ2v) is 5.64. The normalized spacial score (nSPS) is 13.3. The van der Waals surface area contributed by atoms with Gasteiger partial charge in [-0.05, 0) is 13.0 Å². The van der Waals surface area contributed by atoms with E-state index in [-0.39, 0.29) is 0 Å². The van der Waals surface area contributed by atoms with Gasteiger partial charge in [0.15, 0.2) is 0 Å². The average Bonchev–Trinajstić information content (AvgIpc) is 2.20. The van der Waals surface area contributed by atoms with Crippen molar-refractivity contribution < 1.29 is 9.53 Å². The Morgan fingerprint density at radius 3 is 2.44 bits per heavy atom. The summed E-state index contributed by atoms with van der Waals surface area (Å²) in [6.07, 6.45) is 1.74. The molecule has 0 bridgehead atoms. The number of amides is 1. The third kappa shape index (κ3) is 7.39. The quantitative estimate of drug-likeness (QED) is 0.449. The highest BCUT2D eigenvalue weighted by Crippen LogP contribution is 2.29. The molecule has 2 N–H and O–H groups in total. The Kier molecular flexibility index (Phi) is 8.28. The first-order valence-corrected chi connectivity index (χ1v) is 6.19. The number of unbranched alkanes of at least 4 members (excludes halogenated alkanes) is 2. The van der Waals surface area contributed by atoms with E-state index in [9.17, 15) is 4.79 Å². The summed E-state index contributed by atoms with van der Waals surface area (Å²) in [7, 11) is 1.25. The van der Waals surface area contributed by atoms with Crippen LogP contribution in [0.2, 0.25) is 0 Å². The van der Waals surface area contributed by atoms with Gasteiger partial charge in [-0.3, -0.25) is 5.32 Å². The van der Waals surface area contributed by atoms with Crippen LogP contribution in [-0.4, -0.2) is 29.7 Å². The first kappa shape index (κ1) is 16.1. The zero-order valence-electron chi connectivity index (χ0n) is 9.36. The minimum absolute atomic E-state index is 0.640. The standard InChI is InChI=1S/C9H17Cl3N2O2/c1-3-4-5-6-13-7(9(10,11)12)14-8(15)16-2/h7,13H,3-6H2,1-2H3,(H,14,15)/t7-/m1/s1. The average molecular weight is 292 g/mol. The van der Waals surface area contributed by atoms with E-state index in [4.69, 9.17) is 34.8 Å². The van der Waals surface area contributed by atoms with E-state index >= 15 is 0 Å². The lowest BCUT2D eigenvalue weighted by Crippen LogP contribution is -2.53. The van der Waals surface area contributed by atoms with Crippen LogP contribution < -0.4 is 10.6 Å². The molecule has 0 fully saturated rings. The summed E-state index contributed by atoms with van der Waals surface area (Å²) >= 11 is 17.1. The lowest BCUT2D eigenvalue weighted by atomic mass is 10.2. The molecule has 1 amide bonds. The molecule has 16 heavy (non-hydrogen) atoms. The smallest absolute Gasteiger partial charge is 0.408 e. The summed E-state index contributed by atoms with van der Waals surface area (Å²) in [4.78, 5) is 11.0. The number of hydrogen-bond donors (Lipinski definition) is 2. The third-order valence-electron chi connectivity index (χ3n) is 1.90. The van der Waals surface area contributed by atoms with Crippen molar-refractivity contribution in [3.05, 3.63) is 0 Å². The monoisotopic (exact) mass is 290 g/mol. The van der Waals surface area contributed by atoms with E-state index in [1.165, 1.54) is 7.11 Å². The number of carbonyl (C=O) groups is 1. The molecular formula is C9H17Cl3N2O2. The SMILES string of the molecule is CCCCCN[C@H](NC(=O)OC)C(Cl)(Cl)Cl. The molecule has 0 spiro atoms. The van der Waals surface area contributed by atoms with Crippen molar-refractivity contribution in [2.75, 3.05) is 13.7 Å². The van der Waals surface area contributed by atoms with E-state index in [2.05, 4.69) is 22.3 Å². The molecule has 1 atom stereocenters. The molecule has 0 rings (SSSR count). The lowest BCUT2D eigenvalue weighted by Gasteiger charge is -2.25. The molecule has 0 unspecified atom stereocenters. The van der Waals surface area contributed by atoms with Gasteiger partial charge in [-0.2, -0.15) is 0 Å². The van der Waals surface area contributed by atoms with Crippen LogP contribution in [0.25, 0.3) is 0 Å². The number of methoxy groups -OCH3 is 1. The van der Waals surface area contributed by atoms with Crippen LogP contribution in [0.3, 0.4) is 0 Å². The Bertz CT molecular complexity index is 209. The van der Waals surface area contributed by atoms with Crippen LogP contribution in [0.5, 0.6) is 0 Å². The molecule has 4 nitrogen and oxygen atoms in total. The van der Waals surface area contributed by atoms with Crippen LogP contribution in [-0.2, 0) is 4.74 Å². The predicted octanol–water partition coefficient (Wildman–Crippen LogP) is 2.82. The number of hydrogen-bond acceptors (Lipinski definition) is 3. The molecular weight excluding hydrogens is 274 g/mol. The zero-order valence-corrected chi connectivity index (χ0v) is 11.6. The first-order valence-electron chi connectivity index (χ1n) is 5.06. The van der Waals surface area contributed by atoms with E-state index in [0.29, 0.717) is 6.54 Å². The second kappa shape index (κ2) is 8.23. The third-order valence-corrected chi connectivity index (χ3v) is 2.56. The molecule has 0 saturated carbocycles. The summed E-state index contributed by atoms with van der Waals surface area (Å²) in [6.45, 7) is 2.76. The van der Waals surface area contributed by atoms with Gasteiger partial charge >= 0.3 is 6.09 Å². The summed E-state index contributed by atoms with van der Waals surface area (Å²) in [5, 5.41) is 5.37. The predicted molar refractivity (Wildman–Crippen MR) is 67.1 cm³/mol. The van der Waals surface area contributed by atoms with Crippen LogP contribution in [0.15, 0.2) is 0 Å². The van der Waals surface area contributed by atoms with Gasteiger partial charge in [-0.1, -0.05) is 54.6 Å². The number of alkyl halides is 3. The highest BCUT2D eigenvalue weighted by molar-refractivity contribution is 6.68. The van der Waals surface area contributed by atoms with Crippen molar-refractivity contribution in [3.63, 3.8) is 0 Å². The Labute approximate surface area is 111 Å². The number of carbonyl (C=O) groups excluding carboxylic acids is 1. The fourth-order valence-corrected chi connectivity index (χ4v) is 1.44. The van der Waals surface area contributed by atoms with E-state index in [0.717, 1.165) is 19.3 Å². The largest absolute Gasteiger partial charge is 0.453 e. The van der Waals surface area contributed by atoms with Crippen molar-refractivity contribution in [1.82, 2.24) is 10.6 Å². The Morgan fingerprint density at radius 2 is 2.00 bits per heavy atom. The maximum atomic E-state index is 11.0. The molecule has 0 saturated heterocycles. The molecule has 96 valence electrons. The number of nitrogens with one attached hydrogen (secondary N) is 2. The van der Waals surface area contributed by atoms with E-state index in [1.54, 1.807) is 0 Å². The topological polar surface area (TPSA) is 50.4 Å². The Morgan fingerprint density at radius 1 is 1.38 bits per heavy atom.